The quantitative estimate of drug-likeness (QED) is 0.292. The Balaban J connectivity index is -0.00000110. The van der Waals surface area contributed by atoms with Crippen LogP contribution in [0.3, 0.4) is 0 Å². The van der Waals surface area contributed by atoms with Crippen molar-refractivity contribution >= 4 is 5.84 Å². The smallest absolute Gasteiger partial charge is 0.474 e. The average Bonchev–Trinajstić information content (AvgIpc) is 2.62. The first kappa shape index (κ1) is 28.2. The molecule has 2 rings (SSSR count). The second-order valence-electron chi connectivity index (χ2n) is 6.77. The number of benzene rings is 1. The Labute approximate surface area is 166 Å². The third-order valence-corrected chi connectivity index (χ3v) is 5.61. The molecule has 0 heterocycles. The second-order valence-corrected chi connectivity index (χ2v) is 6.77. The van der Waals surface area contributed by atoms with Crippen LogP contribution in [0.15, 0.2) is 24.3 Å². The molecule has 1 aromatic carbocycles. The van der Waals surface area contributed by atoms with Crippen LogP contribution in [0.5, 0.6) is 0 Å². The molecule has 4 unspecified atom stereocenters. The van der Waals surface area contributed by atoms with Gasteiger partial charge in [0.25, 0.3) is 0 Å². The van der Waals surface area contributed by atoms with E-state index in [1.807, 2.05) is 26.2 Å². The number of amidine groups is 1. The monoisotopic (exact) mass is 364 g/mol. The second kappa shape index (κ2) is 11.1. The van der Waals surface area contributed by atoms with Gasteiger partial charge >= 0.3 is 21.7 Å². The van der Waals surface area contributed by atoms with Gasteiger partial charge in [-0.15, -0.1) is 0 Å². The fourth-order valence-corrected chi connectivity index (χ4v) is 3.89. The molecule has 1 saturated carbocycles. The molecule has 1 fully saturated rings. The van der Waals surface area contributed by atoms with E-state index in [0.717, 1.165) is 17.4 Å². The average molecular weight is 364 g/mol. The van der Waals surface area contributed by atoms with E-state index in [4.69, 9.17) is 0 Å². The van der Waals surface area contributed by atoms with E-state index >= 15 is 0 Å². The van der Waals surface area contributed by atoms with Gasteiger partial charge in [0.05, 0.1) is 0 Å². The van der Waals surface area contributed by atoms with Gasteiger partial charge in [0.1, 0.15) is 0 Å². The maximum absolute atomic E-state index is 10.4. The molecule has 0 radical (unpaired) electrons. The maximum atomic E-state index is 10.4. The minimum atomic E-state index is 0. The summed E-state index contributed by atoms with van der Waals surface area (Å²) in [5, 5.41) is 10.4. The van der Waals surface area contributed by atoms with Crippen LogP contribution >= 0.6 is 0 Å². The van der Waals surface area contributed by atoms with Crippen molar-refractivity contribution in [2.24, 2.45) is 23.7 Å². The fraction of sp³-hybridized carbons (Fsp3) is 0.524. The molecule has 2 nitrogen and oxygen atoms in total. The molecule has 3 heteroatoms. The first-order valence-corrected chi connectivity index (χ1v) is 7.68. The Morgan fingerprint density at radius 1 is 0.833 bits per heavy atom. The largest absolute Gasteiger partial charge is 4.00 e. The predicted octanol–water partition coefficient (Wildman–Crippen LogP) is 5.55. The van der Waals surface area contributed by atoms with Crippen LogP contribution in [0.25, 0.3) is 5.41 Å². The molecule has 4 atom stereocenters. The van der Waals surface area contributed by atoms with Gasteiger partial charge in [-0.25, -0.2) is 0 Å². The van der Waals surface area contributed by atoms with Crippen molar-refractivity contribution in [1.82, 2.24) is 4.90 Å². The Bertz CT molecular complexity index is 484. The van der Waals surface area contributed by atoms with Crippen molar-refractivity contribution in [3.63, 3.8) is 0 Å². The zero-order valence-electron chi connectivity index (χ0n) is 17.1. The van der Waals surface area contributed by atoms with Crippen LogP contribution in [0.2, 0.25) is 0 Å². The van der Waals surface area contributed by atoms with Crippen LogP contribution in [0.1, 0.15) is 44.7 Å². The molecule has 0 saturated heterocycles. The molecule has 0 spiro atoms. The van der Waals surface area contributed by atoms with E-state index in [1.165, 1.54) is 5.56 Å². The molecular weight excluding hydrogens is 328 g/mol. The van der Waals surface area contributed by atoms with Crippen LogP contribution in [0.4, 0.5) is 0 Å². The molecular formula is C21H36N2Ti. The van der Waals surface area contributed by atoms with Gasteiger partial charge in [-0.05, 0) is 40.7 Å². The van der Waals surface area contributed by atoms with Gasteiger partial charge in [0, 0.05) is 0 Å². The summed E-state index contributed by atoms with van der Waals surface area (Å²) in [4.78, 5) is 1.79. The zero-order chi connectivity index (χ0) is 15.0. The van der Waals surface area contributed by atoms with Crippen LogP contribution < -0.4 is 0 Å². The SMILES string of the molecule is CC1C(C)C(C)C(c2ccccc2C(=[N-])N(C)C)C1C.[CH3-].[CH3-].[CH3-].[Ti+4]. The van der Waals surface area contributed by atoms with Crippen molar-refractivity contribution in [1.29, 1.82) is 0 Å². The summed E-state index contributed by atoms with van der Waals surface area (Å²) in [6, 6.07) is 8.33. The van der Waals surface area contributed by atoms with Gasteiger partial charge in [-0.2, -0.15) is 0 Å². The molecule has 0 N–H and O–H groups in total. The molecule has 24 heavy (non-hydrogen) atoms. The van der Waals surface area contributed by atoms with E-state index in [-0.39, 0.29) is 44.0 Å². The molecule has 1 aliphatic carbocycles. The Morgan fingerprint density at radius 2 is 1.25 bits per heavy atom. The molecule has 1 aliphatic rings. The van der Waals surface area contributed by atoms with E-state index in [2.05, 4.69) is 39.8 Å². The number of nitrogens with zero attached hydrogens (tertiary/aromatic N) is 2. The van der Waals surface area contributed by atoms with Gasteiger partial charge in [0.15, 0.2) is 0 Å². The molecule has 0 amide bonds. The van der Waals surface area contributed by atoms with Crippen molar-refractivity contribution in [2.45, 2.75) is 33.6 Å². The van der Waals surface area contributed by atoms with Crippen molar-refractivity contribution in [3.8, 4) is 0 Å². The van der Waals surface area contributed by atoms with E-state index in [0.29, 0.717) is 23.6 Å². The van der Waals surface area contributed by atoms with E-state index in [1.54, 1.807) is 4.90 Å². The number of rotatable bonds is 2. The Hall–Kier alpha value is -0.596. The topological polar surface area (TPSA) is 25.5 Å². The fourth-order valence-electron chi connectivity index (χ4n) is 3.89. The van der Waals surface area contributed by atoms with Gasteiger partial charge in [-0.1, -0.05) is 71.9 Å². The molecule has 134 valence electrons. The van der Waals surface area contributed by atoms with Gasteiger partial charge in [-0.3, -0.25) is 0 Å². The van der Waals surface area contributed by atoms with Crippen molar-refractivity contribution in [3.05, 3.63) is 63.1 Å². The summed E-state index contributed by atoms with van der Waals surface area (Å²) in [6.45, 7) is 9.45. The molecule has 1 aromatic rings. The zero-order valence-corrected chi connectivity index (χ0v) is 18.7. The van der Waals surface area contributed by atoms with Crippen LogP contribution in [0, 0.1) is 46.0 Å². The molecule has 0 bridgehead atoms. The number of hydrogen-bond acceptors (Lipinski definition) is 0. The standard InChI is InChI=1S/C18H27N2.3CH3.Ti/c1-11-12(2)14(4)17(13(11)3)15-9-7-8-10-16(15)18(19)20(5)6;;;;/h7-14,17H,1-6H3;3*1H3;/q4*-1;+4. The Kier molecular flexibility index (Phi) is 13.1. The van der Waals surface area contributed by atoms with Crippen LogP contribution in [-0.2, 0) is 21.7 Å². The normalized spacial score (nSPS) is 27.7. The minimum absolute atomic E-state index is 0. The summed E-state index contributed by atoms with van der Waals surface area (Å²) >= 11 is 0. The summed E-state index contributed by atoms with van der Waals surface area (Å²) in [6.07, 6.45) is 0. The van der Waals surface area contributed by atoms with E-state index in [9.17, 15) is 5.41 Å². The minimum Gasteiger partial charge on any atom is -0.474 e. The van der Waals surface area contributed by atoms with Gasteiger partial charge in [0.2, 0.25) is 0 Å². The summed E-state index contributed by atoms with van der Waals surface area (Å²) < 4.78 is 0. The summed E-state index contributed by atoms with van der Waals surface area (Å²) in [7, 11) is 3.78. The maximum Gasteiger partial charge on any atom is 4.00 e. The molecule has 0 aliphatic heterocycles. The summed E-state index contributed by atoms with van der Waals surface area (Å²) in [5.74, 6) is 3.65. The Morgan fingerprint density at radius 3 is 1.67 bits per heavy atom. The third kappa shape index (κ3) is 4.96. The number of hydrogen-bond donors (Lipinski definition) is 0. The predicted molar refractivity (Wildman–Crippen MR) is 106 cm³/mol. The first-order chi connectivity index (χ1) is 9.36. The first-order valence-electron chi connectivity index (χ1n) is 7.68. The van der Waals surface area contributed by atoms with E-state index < -0.39 is 0 Å². The summed E-state index contributed by atoms with van der Waals surface area (Å²) in [5.41, 5.74) is 2.29. The van der Waals surface area contributed by atoms with Crippen molar-refractivity contribution in [2.75, 3.05) is 14.1 Å². The van der Waals surface area contributed by atoms with Gasteiger partial charge < -0.3 is 32.6 Å². The van der Waals surface area contributed by atoms with Crippen LogP contribution in [-0.4, -0.2) is 24.8 Å². The van der Waals surface area contributed by atoms with Crippen molar-refractivity contribution < 1.29 is 21.7 Å². The molecule has 0 aromatic heterocycles. The third-order valence-electron chi connectivity index (χ3n) is 5.61.